The van der Waals surface area contributed by atoms with Crippen LogP contribution in [0.3, 0.4) is 0 Å². The summed E-state index contributed by atoms with van der Waals surface area (Å²) in [6.45, 7) is 2.34. The number of hydrogen-bond donors (Lipinski definition) is 2. The van der Waals surface area contributed by atoms with Gasteiger partial charge in [0.1, 0.15) is 0 Å². The molecule has 0 saturated heterocycles. The van der Waals surface area contributed by atoms with Gasteiger partial charge in [0.15, 0.2) is 0 Å². The molecule has 2 unspecified atom stereocenters. The molecule has 1 fully saturated rings. The lowest BCUT2D eigenvalue weighted by Gasteiger charge is -2.27. The molecule has 1 saturated carbocycles. The molecular formula is C17H26N2. The fraction of sp³-hybridized carbons (Fsp3) is 0.529. The maximum atomic E-state index is 6.07. The van der Waals surface area contributed by atoms with Gasteiger partial charge in [-0.15, -0.1) is 0 Å². The van der Waals surface area contributed by atoms with Gasteiger partial charge in [0.05, 0.1) is 0 Å². The second-order valence-corrected chi connectivity index (χ2v) is 5.84. The lowest BCUT2D eigenvalue weighted by molar-refractivity contribution is 0.320. The van der Waals surface area contributed by atoms with Crippen molar-refractivity contribution in [2.24, 2.45) is 11.7 Å². The molecule has 3 N–H and O–H groups in total. The first-order valence-corrected chi connectivity index (χ1v) is 7.48. The standard InChI is InChI=1S/C17H26N2/c1-14-6-5-9-17(12-14)19-13-16(18)11-10-15-7-3-2-4-8-15/h2-4,7-8,13-14,17,19H,5-6,9-12,18H2,1H3/b16-13-. The van der Waals surface area contributed by atoms with Crippen molar-refractivity contribution >= 4 is 0 Å². The molecule has 0 amide bonds. The number of allylic oxidation sites excluding steroid dienone is 1. The molecule has 0 aromatic heterocycles. The topological polar surface area (TPSA) is 38.0 Å². The predicted molar refractivity (Wildman–Crippen MR) is 81.6 cm³/mol. The van der Waals surface area contributed by atoms with Gasteiger partial charge in [0.2, 0.25) is 0 Å². The minimum atomic E-state index is 0.624. The van der Waals surface area contributed by atoms with Crippen LogP contribution in [-0.2, 0) is 6.42 Å². The van der Waals surface area contributed by atoms with E-state index in [-0.39, 0.29) is 0 Å². The van der Waals surface area contributed by atoms with Gasteiger partial charge in [-0.05, 0) is 37.2 Å². The summed E-state index contributed by atoms with van der Waals surface area (Å²) in [5.74, 6) is 0.852. The van der Waals surface area contributed by atoms with Crippen LogP contribution in [0.25, 0.3) is 0 Å². The predicted octanol–water partition coefficient (Wildman–Crippen LogP) is 3.59. The van der Waals surface area contributed by atoms with E-state index in [0.29, 0.717) is 6.04 Å². The van der Waals surface area contributed by atoms with E-state index in [0.717, 1.165) is 24.5 Å². The van der Waals surface area contributed by atoms with Gasteiger partial charge < -0.3 is 11.1 Å². The summed E-state index contributed by atoms with van der Waals surface area (Å²) < 4.78 is 0. The van der Waals surface area contributed by atoms with Crippen LogP contribution in [0.4, 0.5) is 0 Å². The number of aryl methyl sites for hydroxylation is 1. The fourth-order valence-corrected chi connectivity index (χ4v) is 2.82. The minimum absolute atomic E-state index is 0.624. The van der Waals surface area contributed by atoms with Gasteiger partial charge in [0.25, 0.3) is 0 Å². The first-order valence-electron chi connectivity index (χ1n) is 7.48. The summed E-state index contributed by atoms with van der Waals surface area (Å²) in [5.41, 5.74) is 8.38. The molecule has 2 atom stereocenters. The molecule has 104 valence electrons. The largest absolute Gasteiger partial charge is 0.401 e. The highest BCUT2D eigenvalue weighted by Gasteiger charge is 2.17. The van der Waals surface area contributed by atoms with E-state index in [1.165, 1.54) is 31.2 Å². The van der Waals surface area contributed by atoms with Crippen molar-refractivity contribution in [3.8, 4) is 0 Å². The highest BCUT2D eigenvalue weighted by atomic mass is 14.9. The van der Waals surface area contributed by atoms with E-state index >= 15 is 0 Å². The summed E-state index contributed by atoms with van der Waals surface area (Å²) in [7, 11) is 0. The van der Waals surface area contributed by atoms with E-state index < -0.39 is 0 Å². The van der Waals surface area contributed by atoms with Gasteiger partial charge in [0, 0.05) is 17.9 Å². The molecule has 1 aliphatic rings. The van der Waals surface area contributed by atoms with Crippen LogP contribution in [0.15, 0.2) is 42.2 Å². The Kier molecular flexibility index (Phi) is 5.31. The Hall–Kier alpha value is -1.44. The lowest BCUT2D eigenvalue weighted by Crippen LogP contribution is -2.30. The van der Waals surface area contributed by atoms with E-state index in [1.807, 2.05) is 6.20 Å². The van der Waals surface area contributed by atoms with Crippen LogP contribution >= 0.6 is 0 Å². The Morgan fingerprint density at radius 3 is 2.84 bits per heavy atom. The molecule has 0 aliphatic heterocycles. The first kappa shape index (κ1) is 14.0. The number of nitrogens with one attached hydrogen (secondary N) is 1. The Bertz CT molecular complexity index is 397. The van der Waals surface area contributed by atoms with Crippen molar-refractivity contribution in [1.29, 1.82) is 0 Å². The van der Waals surface area contributed by atoms with E-state index in [2.05, 4.69) is 42.6 Å². The third kappa shape index (κ3) is 4.98. The number of benzene rings is 1. The zero-order chi connectivity index (χ0) is 13.5. The van der Waals surface area contributed by atoms with Crippen LogP contribution in [0, 0.1) is 5.92 Å². The molecule has 0 radical (unpaired) electrons. The van der Waals surface area contributed by atoms with Crippen molar-refractivity contribution in [3.05, 3.63) is 47.8 Å². The number of nitrogens with two attached hydrogens (primary N) is 1. The molecule has 0 heterocycles. The summed E-state index contributed by atoms with van der Waals surface area (Å²) in [6.07, 6.45) is 9.27. The normalized spacial score (nSPS) is 24.2. The molecule has 19 heavy (non-hydrogen) atoms. The van der Waals surface area contributed by atoms with E-state index in [1.54, 1.807) is 0 Å². The average Bonchev–Trinajstić information content (AvgIpc) is 2.44. The van der Waals surface area contributed by atoms with Crippen LogP contribution in [0.1, 0.15) is 44.6 Å². The second-order valence-electron chi connectivity index (χ2n) is 5.84. The zero-order valence-electron chi connectivity index (χ0n) is 11.9. The van der Waals surface area contributed by atoms with Crippen molar-refractivity contribution in [1.82, 2.24) is 5.32 Å². The second kappa shape index (κ2) is 7.22. The molecule has 2 rings (SSSR count). The Labute approximate surface area is 117 Å². The lowest BCUT2D eigenvalue weighted by atomic mass is 9.87. The molecule has 0 bridgehead atoms. The Balaban J connectivity index is 1.73. The van der Waals surface area contributed by atoms with Gasteiger partial charge >= 0.3 is 0 Å². The summed E-state index contributed by atoms with van der Waals surface area (Å²) >= 11 is 0. The smallest absolute Gasteiger partial charge is 0.0258 e. The summed E-state index contributed by atoms with van der Waals surface area (Å²) in [5, 5.41) is 3.50. The number of hydrogen-bond acceptors (Lipinski definition) is 2. The maximum absolute atomic E-state index is 6.07. The van der Waals surface area contributed by atoms with Crippen LogP contribution in [0.5, 0.6) is 0 Å². The van der Waals surface area contributed by atoms with Gasteiger partial charge in [-0.1, -0.05) is 50.1 Å². The van der Waals surface area contributed by atoms with E-state index in [9.17, 15) is 0 Å². The third-order valence-electron chi connectivity index (χ3n) is 3.99. The highest BCUT2D eigenvalue weighted by Crippen LogP contribution is 2.23. The number of rotatable bonds is 5. The van der Waals surface area contributed by atoms with Gasteiger partial charge in [-0.2, -0.15) is 0 Å². The molecule has 2 heteroatoms. The zero-order valence-corrected chi connectivity index (χ0v) is 11.9. The SMILES string of the molecule is CC1CCCC(N/C=C(\N)CCc2ccccc2)C1. The summed E-state index contributed by atoms with van der Waals surface area (Å²) in [4.78, 5) is 0. The maximum Gasteiger partial charge on any atom is 0.0258 e. The van der Waals surface area contributed by atoms with Crippen molar-refractivity contribution in [2.75, 3.05) is 0 Å². The highest BCUT2D eigenvalue weighted by molar-refractivity contribution is 5.16. The monoisotopic (exact) mass is 258 g/mol. The van der Waals surface area contributed by atoms with Crippen LogP contribution in [-0.4, -0.2) is 6.04 Å². The molecule has 1 aliphatic carbocycles. The first-order chi connectivity index (χ1) is 9.24. The average molecular weight is 258 g/mol. The Morgan fingerprint density at radius 2 is 2.11 bits per heavy atom. The van der Waals surface area contributed by atoms with Gasteiger partial charge in [-0.25, -0.2) is 0 Å². The van der Waals surface area contributed by atoms with Crippen molar-refractivity contribution in [3.63, 3.8) is 0 Å². The fourth-order valence-electron chi connectivity index (χ4n) is 2.82. The van der Waals surface area contributed by atoms with Crippen molar-refractivity contribution in [2.45, 2.75) is 51.5 Å². The van der Waals surface area contributed by atoms with E-state index in [4.69, 9.17) is 5.73 Å². The Morgan fingerprint density at radius 1 is 1.32 bits per heavy atom. The molecule has 1 aromatic rings. The quantitative estimate of drug-likeness (QED) is 0.847. The third-order valence-corrected chi connectivity index (χ3v) is 3.99. The van der Waals surface area contributed by atoms with Gasteiger partial charge in [-0.3, -0.25) is 0 Å². The minimum Gasteiger partial charge on any atom is -0.401 e. The molecular weight excluding hydrogens is 232 g/mol. The van der Waals surface area contributed by atoms with Crippen molar-refractivity contribution < 1.29 is 0 Å². The molecule has 1 aromatic carbocycles. The van der Waals surface area contributed by atoms with Crippen LogP contribution < -0.4 is 11.1 Å². The summed E-state index contributed by atoms with van der Waals surface area (Å²) in [6, 6.07) is 11.1. The van der Waals surface area contributed by atoms with Crippen LogP contribution in [0.2, 0.25) is 0 Å². The molecule has 0 spiro atoms. The molecule has 2 nitrogen and oxygen atoms in total.